The molecule has 4 heteroatoms. The van der Waals surface area contributed by atoms with Gasteiger partial charge >= 0.3 is 0 Å². The molecule has 1 aromatic carbocycles. The molecule has 1 N–H and O–H groups in total. The van der Waals surface area contributed by atoms with Crippen molar-refractivity contribution in [3.05, 3.63) is 34.9 Å². The average Bonchev–Trinajstić information content (AvgIpc) is 2.03. The number of hydrogen-bond acceptors (Lipinski definition) is 1. The van der Waals surface area contributed by atoms with E-state index >= 15 is 0 Å². The van der Waals surface area contributed by atoms with Crippen molar-refractivity contribution in [2.75, 3.05) is 0 Å². The smallest absolute Gasteiger partial charge is 0.267 e. The Morgan fingerprint density at radius 2 is 2.27 bits per heavy atom. The van der Waals surface area contributed by atoms with Crippen LogP contribution in [0.3, 0.4) is 0 Å². The molecule has 58 valence electrons. The standard InChI is InChI=1S/C7H5ClFNO/c8-6-3-1-2-5(4-6)7(11)10-9/h1-4H,(H,10,11). The summed E-state index contributed by atoms with van der Waals surface area (Å²) in [6, 6.07) is 6.04. The van der Waals surface area contributed by atoms with Crippen molar-refractivity contribution in [2.45, 2.75) is 0 Å². The van der Waals surface area contributed by atoms with E-state index in [1.165, 1.54) is 12.1 Å². The van der Waals surface area contributed by atoms with E-state index in [1.807, 2.05) is 0 Å². The van der Waals surface area contributed by atoms with Gasteiger partial charge in [-0.05, 0) is 18.2 Å². The van der Waals surface area contributed by atoms with Gasteiger partial charge in [-0.25, -0.2) is 0 Å². The van der Waals surface area contributed by atoms with Crippen LogP contribution in [0.15, 0.2) is 24.3 Å². The zero-order valence-corrected chi connectivity index (χ0v) is 6.23. The van der Waals surface area contributed by atoms with Gasteiger partial charge in [0.15, 0.2) is 0 Å². The highest BCUT2D eigenvalue weighted by atomic mass is 35.5. The fraction of sp³-hybridized carbons (Fsp3) is 0. The third-order valence-corrected chi connectivity index (χ3v) is 1.41. The molecule has 0 aliphatic carbocycles. The molecule has 0 bridgehead atoms. The maximum atomic E-state index is 11.6. The Kier molecular flexibility index (Phi) is 2.44. The summed E-state index contributed by atoms with van der Waals surface area (Å²) in [6.45, 7) is 0. The molecule has 0 heterocycles. The van der Waals surface area contributed by atoms with Gasteiger partial charge in [0, 0.05) is 10.6 Å². The summed E-state index contributed by atoms with van der Waals surface area (Å²) in [6.07, 6.45) is 0. The zero-order valence-electron chi connectivity index (χ0n) is 5.47. The van der Waals surface area contributed by atoms with E-state index in [4.69, 9.17) is 11.6 Å². The van der Waals surface area contributed by atoms with Crippen LogP contribution in [-0.2, 0) is 0 Å². The minimum Gasteiger partial charge on any atom is -0.267 e. The molecule has 0 aromatic heterocycles. The fourth-order valence-corrected chi connectivity index (χ4v) is 0.875. The van der Waals surface area contributed by atoms with Crippen molar-refractivity contribution in [1.82, 2.24) is 5.54 Å². The molecule has 0 atom stereocenters. The van der Waals surface area contributed by atoms with Crippen molar-refractivity contribution in [2.24, 2.45) is 0 Å². The Morgan fingerprint density at radius 1 is 1.55 bits per heavy atom. The van der Waals surface area contributed by atoms with Crippen LogP contribution in [0, 0.1) is 0 Å². The van der Waals surface area contributed by atoms with Gasteiger partial charge in [-0.2, -0.15) is 5.54 Å². The molecule has 0 fully saturated rings. The van der Waals surface area contributed by atoms with Gasteiger partial charge in [0.2, 0.25) is 0 Å². The molecule has 1 aromatic rings. The highest BCUT2D eigenvalue weighted by Crippen LogP contribution is 2.10. The molecular weight excluding hydrogens is 169 g/mol. The molecule has 0 spiro atoms. The van der Waals surface area contributed by atoms with Crippen LogP contribution in [0.1, 0.15) is 10.4 Å². The van der Waals surface area contributed by atoms with Gasteiger partial charge in [0.1, 0.15) is 0 Å². The van der Waals surface area contributed by atoms with Gasteiger partial charge in [-0.1, -0.05) is 22.1 Å². The summed E-state index contributed by atoms with van der Waals surface area (Å²) in [5.74, 6) is -0.785. The van der Waals surface area contributed by atoms with Crippen LogP contribution < -0.4 is 5.54 Å². The van der Waals surface area contributed by atoms with Crippen molar-refractivity contribution in [1.29, 1.82) is 0 Å². The maximum Gasteiger partial charge on any atom is 0.278 e. The van der Waals surface area contributed by atoms with Gasteiger partial charge in [-0.3, -0.25) is 4.79 Å². The van der Waals surface area contributed by atoms with E-state index in [0.29, 0.717) is 5.02 Å². The second kappa shape index (κ2) is 3.34. The Balaban J connectivity index is 2.96. The first-order valence-corrected chi connectivity index (χ1v) is 3.28. The van der Waals surface area contributed by atoms with Crippen LogP contribution >= 0.6 is 11.6 Å². The SMILES string of the molecule is O=C(NF)c1cccc(Cl)c1. The lowest BCUT2D eigenvalue weighted by Gasteiger charge is -1.95. The minimum atomic E-state index is -0.785. The third kappa shape index (κ3) is 1.91. The fourth-order valence-electron chi connectivity index (χ4n) is 0.684. The molecule has 0 saturated heterocycles. The number of nitrogens with one attached hydrogen (secondary N) is 1. The first kappa shape index (κ1) is 8.01. The monoisotopic (exact) mass is 173 g/mol. The molecule has 0 aliphatic heterocycles. The largest absolute Gasteiger partial charge is 0.278 e. The average molecular weight is 174 g/mol. The lowest BCUT2D eigenvalue weighted by molar-refractivity contribution is 0.0859. The highest BCUT2D eigenvalue weighted by Gasteiger charge is 2.03. The normalized spacial score (nSPS) is 9.27. The van der Waals surface area contributed by atoms with Crippen LogP contribution in [0.4, 0.5) is 4.48 Å². The number of halogens is 2. The summed E-state index contributed by atoms with van der Waals surface area (Å²) in [4.78, 5) is 10.6. The number of hydrogen-bond donors (Lipinski definition) is 1. The molecule has 0 aliphatic rings. The van der Waals surface area contributed by atoms with Gasteiger partial charge in [0.25, 0.3) is 5.91 Å². The number of benzene rings is 1. The van der Waals surface area contributed by atoms with E-state index < -0.39 is 5.91 Å². The number of carbonyl (C=O) groups is 1. The molecular formula is C7H5ClFNO. The topological polar surface area (TPSA) is 29.1 Å². The molecule has 1 amide bonds. The second-order valence-corrected chi connectivity index (χ2v) is 2.37. The lowest BCUT2D eigenvalue weighted by Crippen LogP contribution is -2.13. The van der Waals surface area contributed by atoms with Gasteiger partial charge in [0.05, 0.1) is 0 Å². The van der Waals surface area contributed by atoms with E-state index in [9.17, 15) is 9.28 Å². The van der Waals surface area contributed by atoms with Crippen LogP contribution in [0.2, 0.25) is 5.02 Å². The van der Waals surface area contributed by atoms with E-state index in [1.54, 1.807) is 12.1 Å². The second-order valence-electron chi connectivity index (χ2n) is 1.93. The van der Waals surface area contributed by atoms with Crippen molar-refractivity contribution in [3.8, 4) is 0 Å². The summed E-state index contributed by atoms with van der Waals surface area (Å²) >= 11 is 5.54. The van der Waals surface area contributed by atoms with E-state index in [-0.39, 0.29) is 5.56 Å². The highest BCUT2D eigenvalue weighted by molar-refractivity contribution is 6.30. The van der Waals surface area contributed by atoms with E-state index in [0.717, 1.165) is 5.54 Å². The number of carbonyl (C=O) groups excluding carboxylic acids is 1. The molecule has 2 nitrogen and oxygen atoms in total. The summed E-state index contributed by atoms with van der Waals surface area (Å²) in [7, 11) is 0. The summed E-state index contributed by atoms with van der Waals surface area (Å²) in [5, 5.41) is 0.408. The first-order valence-electron chi connectivity index (χ1n) is 2.90. The molecule has 11 heavy (non-hydrogen) atoms. The molecule has 0 radical (unpaired) electrons. The molecule has 0 saturated carbocycles. The third-order valence-electron chi connectivity index (χ3n) is 1.17. The first-order chi connectivity index (χ1) is 5.24. The van der Waals surface area contributed by atoms with Crippen molar-refractivity contribution in [3.63, 3.8) is 0 Å². The number of rotatable bonds is 1. The number of amides is 1. The van der Waals surface area contributed by atoms with Gasteiger partial charge < -0.3 is 0 Å². The maximum absolute atomic E-state index is 11.6. The predicted molar refractivity (Wildman–Crippen MR) is 40.0 cm³/mol. The van der Waals surface area contributed by atoms with Crippen LogP contribution in [-0.4, -0.2) is 5.91 Å². The summed E-state index contributed by atoms with van der Waals surface area (Å²) in [5.41, 5.74) is 1.22. The lowest BCUT2D eigenvalue weighted by atomic mass is 10.2. The molecule has 1 rings (SSSR count). The van der Waals surface area contributed by atoms with Crippen LogP contribution in [0.5, 0.6) is 0 Å². The molecule has 0 unspecified atom stereocenters. The van der Waals surface area contributed by atoms with Crippen molar-refractivity contribution < 1.29 is 9.28 Å². The van der Waals surface area contributed by atoms with Gasteiger partial charge in [-0.15, -0.1) is 0 Å². The minimum absolute atomic E-state index is 0.208. The Bertz CT molecular complexity index is 277. The zero-order chi connectivity index (χ0) is 8.27. The van der Waals surface area contributed by atoms with Crippen LogP contribution in [0.25, 0.3) is 0 Å². The Hall–Kier alpha value is -1.09. The predicted octanol–water partition coefficient (Wildman–Crippen LogP) is 1.95. The summed E-state index contributed by atoms with van der Waals surface area (Å²) < 4.78 is 11.6. The van der Waals surface area contributed by atoms with E-state index in [2.05, 4.69) is 0 Å². The Morgan fingerprint density at radius 3 is 2.82 bits per heavy atom. The Labute approximate surface area is 67.9 Å². The quantitative estimate of drug-likeness (QED) is 0.647. The van der Waals surface area contributed by atoms with Crippen molar-refractivity contribution >= 4 is 17.5 Å².